The van der Waals surface area contributed by atoms with Gasteiger partial charge >= 0.3 is 0 Å². The van der Waals surface area contributed by atoms with Crippen molar-refractivity contribution in [3.05, 3.63) is 12.4 Å². The van der Waals surface area contributed by atoms with Gasteiger partial charge in [-0.1, -0.05) is 0 Å². The van der Waals surface area contributed by atoms with E-state index in [2.05, 4.69) is 10.00 Å². The Balaban J connectivity index is 2.32. The second-order valence-electron chi connectivity index (χ2n) is 5.67. The number of nitrogens with two attached hydrogens (primary N) is 1. The van der Waals surface area contributed by atoms with Crippen molar-refractivity contribution < 1.29 is 8.42 Å². The maximum atomic E-state index is 12.0. The van der Waals surface area contributed by atoms with E-state index < -0.39 is 10.2 Å². The Hall–Kier alpha value is -1.12. The number of piperidine rings is 1. The first-order valence-corrected chi connectivity index (χ1v) is 8.34. The number of rotatable bonds is 4. The molecule has 0 unspecified atom stereocenters. The highest BCUT2D eigenvalue weighted by Gasteiger charge is 2.31. The van der Waals surface area contributed by atoms with Crippen LogP contribution in [0.15, 0.2) is 12.4 Å². The average Bonchev–Trinajstić information content (AvgIpc) is 2.76. The highest BCUT2D eigenvalue weighted by atomic mass is 32.2. The van der Waals surface area contributed by atoms with Gasteiger partial charge in [-0.25, -0.2) is 5.14 Å². The summed E-state index contributed by atoms with van der Waals surface area (Å²) in [6, 6.07) is 0.0497. The van der Waals surface area contributed by atoms with Crippen LogP contribution in [0.3, 0.4) is 0 Å². The lowest BCUT2D eigenvalue weighted by Crippen LogP contribution is -2.51. The first-order valence-electron chi connectivity index (χ1n) is 6.84. The Labute approximate surface area is 120 Å². The minimum Gasteiger partial charge on any atom is -0.304 e. The summed E-state index contributed by atoms with van der Waals surface area (Å²) in [7, 11) is -1.81. The molecule has 0 bridgehead atoms. The summed E-state index contributed by atoms with van der Waals surface area (Å²) in [6.45, 7) is 5.66. The van der Waals surface area contributed by atoms with Crippen LogP contribution >= 0.6 is 0 Å². The van der Waals surface area contributed by atoms with E-state index in [1.165, 1.54) is 4.31 Å². The summed E-state index contributed by atoms with van der Waals surface area (Å²) in [6.07, 6.45) is 5.09. The Kier molecular flexibility index (Phi) is 4.36. The Bertz CT molecular complexity index is 554. The monoisotopic (exact) mass is 301 g/mol. The molecule has 1 aromatic heterocycles. The van der Waals surface area contributed by atoms with Crippen molar-refractivity contribution in [2.75, 3.05) is 24.4 Å². The number of hydrogen-bond donors (Lipinski definition) is 1. The largest absolute Gasteiger partial charge is 0.304 e. The third kappa shape index (κ3) is 3.31. The SMILES string of the molecule is CC(C)n1cc(N([C@H]2CCCN(C)C2)S(N)(=O)=O)cn1. The normalized spacial score (nSPS) is 21.4. The highest BCUT2D eigenvalue weighted by molar-refractivity contribution is 7.90. The molecule has 114 valence electrons. The van der Waals surface area contributed by atoms with Gasteiger partial charge in [0, 0.05) is 18.8 Å². The van der Waals surface area contributed by atoms with Crippen LogP contribution < -0.4 is 9.44 Å². The molecule has 1 fully saturated rings. The van der Waals surface area contributed by atoms with Crippen molar-refractivity contribution in [3.63, 3.8) is 0 Å². The number of aromatic nitrogens is 2. The van der Waals surface area contributed by atoms with Gasteiger partial charge in [0.15, 0.2) is 0 Å². The first kappa shape index (κ1) is 15.3. The van der Waals surface area contributed by atoms with E-state index in [0.29, 0.717) is 12.2 Å². The van der Waals surface area contributed by atoms with E-state index in [-0.39, 0.29) is 12.1 Å². The molecule has 1 aliphatic heterocycles. The van der Waals surface area contributed by atoms with Crippen molar-refractivity contribution >= 4 is 15.9 Å². The highest BCUT2D eigenvalue weighted by Crippen LogP contribution is 2.25. The van der Waals surface area contributed by atoms with Crippen LogP contribution in [0.4, 0.5) is 5.69 Å². The Morgan fingerprint density at radius 3 is 2.70 bits per heavy atom. The summed E-state index contributed by atoms with van der Waals surface area (Å²) in [4.78, 5) is 2.12. The zero-order valence-electron chi connectivity index (χ0n) is 12.2. The fourth-order valence-corrected chi connectivity index (χ4v) is 3.60. The second kappa shape index (κ2) is 5.71. The molecule has 2 rings (SSSR count). The van der Waals surface area contributed by atoms with Crippen LogP contribution in [0.5, 0.6) is 0 Å². The average molecular weight is 301 g/mol. The van der Waals surface area contributed by atoms with E-state index in [1.807, 2.05) is 20.9 Å². The Morgan fingerprint density at radius 1 is 1.50 bits per heavy atom. The third-order valence-corrected chi connectivity index (χ3v) is 4.63. The van der Waals surface area contributed by atoms with Crippen molar-refractivity contribution in [1.82, 2.24) is 14.7 Å². The molecule has 2 N–H and O–H groups in total. The molecular weight excluding hydrogens is 278 g/mol. The fraction of sp³-hybridized carbons (Fsp3) is 0.750. The number of anilines is 1. The van der Waals surface area contributed by atoms with Gasteiger partial charge in [0.05, 0.1) is 17.9 Å². The van der Waals surface area contributed by atoms with Crippen molar-refractivity contribution in [2.45, 2.75) is 38.8 Å². The fourth-order valence-electron chi connectivity index (χ4n) is 2.62. The lowest BCUT2D eigenvalue weighted by Gasteiger charge is -2.36. The van der Waals surface area contributed by atoms with Gasteiger partial charge in [-0.2, -0.15) is 13.5 Å². The van der Waals surface area contributed by atoms with E-state index in [4.69, 9.17) is 5.14 Å². The zero-order valence-corrected chi connectivity index (χ0v) is 13.0. The predicted octanol–water partition coefficient (Wildman–Crippen LogP) is 0.568. The van der Waals surface area contributed by atoms with Crippen LogP contribution in [0.25, 0.3) is 0 Å². The lowest BCUT2D eigenvalue weighted by atomic mass is 10.1. The molecule has 8 heteroatoms. The molecule has 1 aliphatic rings. The molecule has 2 heterocycles. The van der Waals surface area contributed by atoms with Crippen LogP contribution in [-0.4, -0.2) is 49.3 Å². The van der Waals surface area contributed by atoms with E-state index in [1.54, 1.807) is 17.1 Å². The maximum absolute atomic E-state index is 12.0. The number of likely N-dealkylation sites (tertiary alicyclic amines) is 1. The van der Waals surface area contributed by atoms with E-state index in [0.717, 1.165) is 19.4 Å². The summed E-state index contributed by atoms with van der Waals surface area (Å²) < 4.78 is 27.0. The van der Waals surface area contributed by atoms with Crippen molar-refractivity contribution in [3.8, 4) is 0 Å². The molecule has 0 radical (unpaired) electrons. The van der Waals surface area contributed by atoms with Gasteiger partial charge in [-0.3, -0.25) is 8.99 Å². The van der Waals surface area contributed by atoms with Crippen molar-refractivity contribution in [2.24, 2.45) is 5.14 Å². The summed E-state index contributed by atoms with van der Waals surface area (Å²) in [5.41, 5.74) is 0.543. The summed E-state index contributed by atoms with van der Waals surface area (Å²) in [5, 5.41) is 9.62. The first-order chi connectivity index (χ1) is 9.29. The minimum absolute atomic E-state index is 0.131. The molecule has 0 spiro atoms. The quantitative estimate of drug-likeness (QED) is 0.881. The van der Waals surface area contributed by atoms with Crippen molar-refractivity contribution in [1.29, 1.82) is 0 Å². The maximum Gasteiger partial charge on any atom is 0.299 e. The summed E-state index contributed by atoms with van der Waals surface area (Å²) >= 11 is 0. The number of likely N-dealkylation sites (N-methyl/N-ethyl adjacent to an activating group) is 1. The van der Waals surface area contributed by atoms with Gasteiger partial charge in [0.25, 0.3) is 10.2 Å². The molecule has 1 atom stereocenters. The predicted molar refractivity (Wildman–Crippen MR) is 78.7 cm³/mol. The third-order valence-electron chi connectivity index (χ3n) is 3.58. The molecular formula is C12H23N5O2S. The van der Waals surface area contributed by atoms with Gasteiger partial charge in [-0.05, 0) is 40.3 Å². The van der Waals surface area contributed by atoms with Gasteiger partial charge in [-0.15, -0.1) is 0 Å². The van der Waals surface area contributed by atoms with Crippen LogP contribution in [0.1, 0.15) is 32.7 Å². The number of nitrogens with zero attached hydrogens (tertiary/aromatic N) is 4. The van der Waals surface area contributed by atoms with Crippen LogP contribution in [-0.2, 0) is 10.2 Å². The van der Waals surface area contributed by atoms with E-state index in [9.17, 15) is 8.42 Å². The molecule has 1 aromatic rings. The topological polar surface area (TPSA) is 84.5 Å². The summed E-state index contributed by atoms with van der Waals surface area (Å²) in [5.74, 6) is 0. The molecule has 7 nitrogen and oxygen atoms in total. The molecule has 0 aliphatic carbocycles. The molecule has 0 aromatic carbocycles. The molecule has 1 saturated heterocycles. The lowest BCUT2D eigenvalue weighted by molar-refractivity contribution is 0.253. The second-order valence-corrected chi connectivity index (χ2v) is 7.09. The van der Waals surface area contributed by atoms with E-state index >= 15 is 0 Å². The minimum atomic E-state index is -3.80. The number of hydrogen-bond acceptors (Lipinski definition) is 4. The molecule has 20 heavy (non-hydrogen) atoms. The molecule has 0 amide bonds. The smallest absolute Gasteiger partial charge is 0.299 e. The standard InChI is InChI=1S/C12H23N5O2S/c1-10(2)16-9-12(7-14-16)17(20(13,18)19)11-5-4-6-15(3)8-11/h7,9-11H,4-6,8H2,1-3H3,(H2,13,18,19)/t11-/m0/s1. The zero-order chi connectivity index (χ0) is 14.9. The Morgan fingerprint density at radius 2 is 2.20 bits per heavy atom. The van der Waals surface area contributed by atoms with Crippen LogP contribution in [0, 0.1) is 0 Å². The van der Waals surface area contributed by atoms with Gasteiger partial charge < -0.3 is 4.90 Å². The van der Waals surface area contributed by atoms with Crippen LogP contribution in [0.2, 0.25) is 0 Å². The van der Waals surface area contributed by atoms with Gasteiger partial charge in [0.2, 0.25) is 0 Å². The molecule has 0 saturated carbocycles. The van der Waals surface area contributed by atoms with Gasteiger partial charge in [0.1, 0.15) is 0 Å².